The fourth-order valence-electron chi connectivity index (χ4n) is 3.52. The van der Waals surface area contributed by atoms with Crippen LogP contribution in [0, 0.1) is 12.3 Å². The number of fused-ring (bicyclic) bond motifs is 1. The van der Waals surface area contributed by atoms with E-state index in [1.54, 1.807) is 0 Å². The van der Waals surface area contributed by atoms with Gasteiger partial charge in [-0.15, -0.1) is 34.6 Å². The number of carbonyl (C=O) groups excluding carboxylic acids is 2. The highest BCUT2D eigenvalue weighted by molar-refractivity contribution is 8.01. The number of rotatable bonds is 12. The minimum atomic E-state index is -1.30. The summed E-state index contributed by atoms with van der Waals surface area (Å²) in [4.78, 5) is 59.0. The number of oxime groups is 1. The molecule has 0 aliphatic carbocycles. The number of tetrazole rings is 1. The largest absolute Gasteiger partial charge is 0.481 e. The van der Waals surface area contributed by atoms with Crippen molar-refractivity contribution < 1.29 is 34.2 Å². The summed E-state index contributed by atoms with van der Waals surface area (Å²) < 4.78 is 1.26. The maximum absolute atomic E-state index is 13.0. The first-order valence-electron chi connectivity index (χ1n) is 11.1. The van der Waals surface area contributed by atoms with Gasteiger partial charge in [0.15, 0.2) is 17.5 Å². The van der Waals surface area contributed by atoms with Crippen molar-refractivity contribution in [2.75, 3.05) is 23.8 Å². The van der Waals surface area contributed by atoms with Gasteiger partial charge in [-0.3, -0.25) is 19.3 Å². The van der Waals surface area contributed by atoms with Crippen LogP contribution < -0.4 is 11.1 Å². The summed E-state index contributed by atoms with van der Waals surface area (Å²) in [5.41, 5.74) is 5.80. The lowest BCUT2D eigenvalue weighted by molar-refractivity contribution is -0.150. The second kappa shape index (κ2) is 12.6. The molecule has 2 aromatic heterocycles. The number of aromatic nitrogens is 5. The van der Waals surface area contributed by atoms with Crippen LogP contribution in [0.5, 0.6) is 0 Å². The van der Waals surface area contributed by atoms with E-state index in [2.05, 4.69) is 36.9 Å². The molecule has 4 heterocycles. The van der Waals surface area contributed by atoms with Crippen LogP contribution in [-0.2, 0) is 24.0 Å². The lowest BCUT2D eigenvalue weighted by Crippen LogP contribution is -2.71. The molecule has 0 saturated carbocycles. The van der Waals surface area contributed by atoms with Crippen LogP contribution in [0.4, 0.5) is 5.13 Å². The van der Waals surface area contributed by atoms with E-state index in [1.807, 2.05) is 0 Å². The highest BCUT2D eigenvalue weighted by Crippen LogP contribution is 2.41. The van der Waals surface area contributed by atoms with Gasteiger partial charge in [0.1, 0.15) is 22.8 Å². The van der Waals surface area contributed by atoms with E-state index in [4.69, 9.17) is 22.1 Å². The van der Waals surface area contributed by atoms with Gasteiger partial charge in [0, 0.05) is 23.1 Å². The second-order valence-electron chi connectivity index (χ2n) is 7.78. The number of carbonyl (C=O) groups is 4. The molecule has 208 valence electrons. The molecule has 2 atom stereocenters. The van der Waals surface area contributed by atoms with E-state index in [-0.39, 0.29) is 46.8 Å². The fraction of sp³-hybridized carbons (Fsp3) is 0.286. The highest BCUT2D eigenvalue weighted by atomic mass is 32.2. The molecular formula is C21H19N9O7S3. The highest BCUT2D eigenvalue weighted by Gasteiger charge is 2.54. The van der Waals surface area contributed by atoms with Crippen molar-refractivity contribution in [3.8, 4) is 12.3 Å². The molecule has 2 aliphatic heterocycles. The minimum Gasteiger partial charge on any atom is -0.481 e. The smallest absolute Gasteiger partial charge is 0.352 e. The molecule has 1 unspecified atom stereocenters. The second-order valence-corrected chi connectivity index (χ2v) is 10.7. The molecule has 2 aromatic rings. The predicted molar refractivity (Wildman–Crippen MR) is 144 cm³/mol. The number of carboxylic acid groups (broad SMARTS) is 2. The molecule has 2 aliphatic rings. The average molecular weight is 606 g/mol. The number of carboxylic acids is 2. The minimum absolute atomic E-state index is 0.127. The van der Waals surface area contributed by atoms with Crippen molar-refractivity contribution >= 4 is 75.7 Å². The number of aliphatic carboxylic acids is 2. The van der Waals surface area contributed by atoms with Gasteiger partial charge in [0.2, 0.25) is 5.16 Å². The number of hydrogen-bond donors (Lipinski definition) is 4. The number of terminal acetylenes is 1. The Morgan fingerprint density at radius 2 is 2.20 bits per heavy atom. The molecule has 4 rings (SSSR count). The fourth-order valence-corrected chi connectivity index (χ4v) is 6.41. The molecule has 5 N–H and O–H groups in total. The lowest BCUT2D eigenvalue weighted by Gasteiger charge is -2.49. The molecular weight excluding hydrogens is 586 g/mol. The van der Waals surface area contributed by atoms with Crippen LogP contribution >= 0.6 is 34.9 Å². The number of amides is 2. The number of hydrogen-bond acceptors (Lipinski definition) is 14. The quantitative estimate of drug-likeness (QED) is 0.0600. The zero-order valence-corrected chi connectivity index (χ0v) is 22.6. The van der Waals surface area contributed by atoms with Crippen molar-refractivity contribution in [2.24, 2.45) is 5.16 Å². The molecule has 1 fully saturated rings. The molecule has 40 heavy (non-hydrogen) atoms. The first-order chi connectivity index (χ1) is 19.2. The molecule has 19 heteroatoms. The van der Waals surface area contributed by atoms with Crippen molar-refractivity contribution in [1.82, 2.24) is 35.4 Å². The predicted octanol–water partition coefficient (Wildman–Crippen LogP) is -0.458. The molecule has 0 spiro atoms. The maximum Gasteiger partial charge on any atom is 0.352 e. The van der Waals surface area contributed by atoms with Gasteiger partial charge in [0.25, 0.3) is 11.8 Å². The van der Waals surface area contributed by atoms with Crippen LogP contribution in [0.25, 0.3) is 6.20 Å². The normalized spacial score (nSPS) is 18.7. The summed E-state index contributed by atoms with van der Waals surface area (Å²) in [6, 6.07) is -1.03. The van der Waals surface area contributed by atoms with Gasteiger partial charge in [-0.05, 0) is 16.0 Å². The van der Waals surface area contributed by atoms with Crippen molar-refractivity contribution in [1.29, 1.82) is 0 Å². The third-order valence-electron chi connectivity index (χ3n) is 5.20. The third kappa shape index (κ3) is 6.24. The van der Waals surface area contributed by atoms with Crippen molar-refractivity contribution in [2.45, 2.75) is 23.0 Å². The molecule has 1 saturated heterocycles. The molecule has 16 nitrogen and oxygen atoms in total. The number of nitrogens with zero attached hydrogens (tertiary/aromatic N) is 7. The molecule has 0 radical (unpaired) electrons. The number of thiazole rings is 1. The Bertz CT molecular complexity index is 1480. The molecule has 0 aromatic carbocycles. The Labute approximate surface area is 237 Å². The first-order valence-corrected chi connectivity index (χ1v) is 14.0. The summed E-state index contributed by atoms with van der Waals surface area (Å²) in [6.45, 7) is -0.205. The van der Waals surface area contributed by atoms with Crippen LogP contribution in [0.2, 0.25) is 0 Å². The zero-order chi connectivity index (χ0) is 28.8. The van der Waals surface area contributed by atoms with E-state index < -0.39 is 35.2 Å². The Morgan fingerprint density at radius 1 is 1.40 bits per heavy atom. The first kappa shape index (κ1) is 28.6. The van der Waals surface area contributed by atoms with Gasteiger partial charge in [-0.1, -0.05) is 28.9 Å². The number of thioether (sulfide) groups is 2. The van der Waals surface area contributed by atoms with E-state index in [9.17, 15) is 24.3 Å². The monoisotopic (exact) mass is 605 g/mol. The molecule has 2 amide bonds. The number of nitrogens with one attached hydrogen (secondary N) is 1. The molecule has 0 bridgehead atoms. The summed E-state index contributed by atoms with van der Waals surface area (Å²) in [5.74, 6) is -1.11. The third-order valence-corrected chi connectivity index (χ3v) is 8.23. The Balaban J connectivity index is 1.47. The summed E-state index contributed by atoms with van der Waals surface area (Å²) >= 11 is 3.47. The van der Waals surface area contributed by atoms with Crippen LogP contribution in [0.1, 0.15) is 12.1 Å². The Hall–Kier alpha value is -4.41. The van der Waals surface area contributed by atoms with Crippen LogP contribution in [0.3, 0.4) is 0 Å². The van der Waals surface area contributed by atoms with Crippen molar-refractivity contribution in [3.63, 3.8) is 0 Å². The summed E-state index contributed by atoms with van der Waals surface area (Å²) in [6.07, 6.45) is 7.67. The van der Waals surface area contributed by atoms with E-state index in [0.29, 0.717) is 10.7 Å². The van der Waals surface area contributed by atoms with Gasteiger partial charge < -0.3 is 26.1 Å². The summed E-state index contributed by atoms with van der Waals surface area (Å²) in [5, 5.41) is 37.5. The van der Waals surface area contributed by atoms with E-state index in [1.165, 1.54) is 34.1 Å². The SMILES string of the molecule is C#CCON=C(C(=O)NC1C(=O)N2C(C(=O)O)=C(CSc3nnnn3C=CCC(=O)O)CS[C@@H]12)c1csc(N)n1. The Morgan fingerprint density at radius 3 is 2.88 bits per heavy atom. The Kier molecular flexibility index (Phi) is 9.03. The topological polar surface area (TPSA) is 228 Å². The van der Waals surface area contributed by atoms with E-state index >= 15 is 0 Å². The van der Waals surface area contributed by atoms with Crippen molar-refractivity contribution in [3.05, 3.63) is 28.4 Å². The van der Waals surface area contributed by atoms with Gasteiger partial charge >= 0.3 is 11.9 Å². The average Bonchev–Trinajstić information content (AvgIpc) is 3.55. The number of nitrogen functional groups attached to an aromatic ring is 1. The lowest BCUT2D eigenvalue weighted by atomic mass is 10.0. The number of nitrogens with two attached hydrogens (primary N) is 1. The maximum atomic E-state index is 13.0. The van der Waals surface area contributed by atoms with Gasteiger partial charge in [0.05, 0.1) is 6.42 Å². The van der Waals surface area contributed by atoms with Gasteiger partial charge in [-0.25, -0.2) is 9.78 Å². The summed E-state index contributed by atoms with van der Waals surface area (Å²) in [7, 11) is 0. The van der Waals surface area contributed by atoms with E-state index in [0.717, 1.165) is 28.0 Å². The van der Waals surface area contributed by atoms with Crippen LogP contribution in [-0.4, -0.2) is 99.3 Å². The standard InChI is InChI=1S/C21H19N9O7S3/c1-2-6-37-26-13(11-9-39-20(22)23-11)16(33)24-14-17(34)30-15(19(35)36)10(7-38-18(14)30)8-40-21-25-27-28-29(21)5-3-4-12(31)32/h1,3,5,9,14,18H,4,6-8H2,(H2,22,23)(H,24,33)(H,31,32)(H,35,36)/t14?,18-/m0/s1. The van der Waals surface area contributed by atoms with Gasteiger partial charge in [-0.2, -0.15) is 4.68 Å². The number of anilines is 1. The van der Waals surface area contributed by atoms with Crippen LogP contribution in [0.15, 0.2) is 33.0 Å². The number of β-lactam (4-membered cyclic amide) rings is 1. The zero-order valence-electron chi connectivity index (χ0n) is 20.2.